The number of nitrogens with one attached hydrogen (secondary N) is 1. The molecule has 0 aliphatic carbocycles. The zero-order valence-electron chi connectivity index (χ0n) is 12.8. The molecule has 1 amide bonds. The molecule has 0 aromatic carbocycles. The van der Waals surface area contributed by atoms with Crippen LogP contribution in [0.5, 0.6) is 5.88 Å². The fraction of sp³-hybridized carbons (Fsp3) is 0.667. The summed E-state index contributed by atoms with van der Waals surface area (Å²) < 4.78 is 11.4. The second-order valence-corrected chi connectivity index (χ2v) is 5.85. The molecule has 7 heteroatoms. The van der Waals surface area contributed by atoms with Gasteiger partial charge in [-0.1, -0.05) is 0 Å². The van der Waals surface area contributed by atoms with Gasteiger partial charge in [0.25, 0.3) is 0 Å². The second-order valence-electron chi connectivity index (χ2n) is 5.85. The molecule has 2 fully saturated rings. The standard InChI is InChI=1S/C15H22N4O3/c1-11-6-16-8-15(18-11)22-12-2-4-19(5-3-12)9-13-7-17-14(20)10-21-13/h6,8,12-13H,2-5,7,9-10H2,1H3,(H,17,20). The van der Waals surface area contributed by atoms with Gasteiger partial charge in [0.15, 0.2) is 0 Å². The van der Waals surface area contributed by atoms with Crippen molar-refractivity contribution in [3.05, 3.63) is 18.1 Å². The molecular formula is C15H22N4O3. The Bertz CT molecular complexity index is 507. The van der Waals surface area contributed by atoms with Crippen LogP contribution in [0.1, 0.15) is 18.5 Å². The SMILES string of the molecule is Cc1cncc(OC2CCN(CC3CNC(=O)CO3)CC2)n1. The average molecular weight is 306 g/mol. The Morgan fingerprint density at radius 2 is 2.23 bits per heavy atom. The van der Waals surface area contributed by atoms with E-state index in [0.717, 1.165) is 38.2 Å². The summed E-state index contributed by atoms with van der Waals surface area (Å²) >= 11 is 0. The van der Waals surface area contributed by atoms with E-state index in [1.165, 1.54) is 0 Å². The van der Waals surface area contributed by atoms with E-state index in [4.69, 9.17) is 9.47 Å². The van der Waals surface area contributed by atoms with Gasteiger partial charge in [0.2, 0.25) is 11.8 Å². The van der Waals surface area contributed by atoms with Crippen LogP contribution in [0.4, 0.5) is 0 Å². The number of carbonyl (C=O) groups excluding carboxylic acids is 1. The van der Waals surface area contributed by atoms with Crippen molar-refractivity contribution in [2.24, 2.45) is 0 Å². The fourth-order valence-corrected chi connectivity index (χ4v) is 2.81. The molecule has 120 valence electrons. The molecule has 0 saturated carbocycles. The van der Waals surface area contributed by atoms with Gasteiger partial charge < -0.3 is 19.7 Å². The van der Waals surface area contributed by atoms with Gasteiger partial charge in [-0.3, -0.25) is 9.78 Å². The maximum atomic E-state index is 11.1. The zero-order chi connectivity index (χ0) is 15.4. The molecule has 3 heterocycles. The molecule has 1 atom stereocenters. The van der Waals surface area contributed by atoms with E-state index in [9.17, 15) is 4.79 Å². The number of hydrogen-bond donors (Lipinski definition) is 1. The van der Waals surface area contributed by atoms with Gasteiger partial charge in [-0.15, -0.1) is 0 Å². The number of amides is 1. The third-order valence-corrected chi connectivity index (χ3v) is 3.99. The molecule has 2 saturated heterocycles. The quantitative estimate of drug-likeness (QED) is 0.853. The molecule has 3 rings (SSSR count). The highest BCUT2D eigenvalue weighted by molar-refractivity contribution is 5.77. The predicted octanol–water partition coefficient (Wildman–Crippen LogP) is 0.143. The minimum atomic E-state index is -0.0253. The Morgan fingerprint density at radius 1 is 1.41 bits per heavy atom. The molecule has 1 aromatic heterocycles. The molecule has 2 aliphatic rings. The van der Waals surface area contributed by atoms with E-state index < -0.39 is 0 Å². The van der Waals surface area contributed by atoms with Crippen molar-refractivity contribution in [1.82, 2.24) is 20.2 Å². The molecule has 1 unspecified atom stereocenters. The van der Waals surface area contributed by atoms with Crippen molar-refractivity contribution >= 4 is 5.91 Å². The van der Waals surface area contributed by atoms with Gasteiger partial charge in [0.05, 0.1) is 18.0 Å². The summed E-state index contributed by atoms with van der Waals surface area (Å²) in [5, 5.41) is 2.84. The molecule has 1 aromatic rings. The summed E-state index contributed by atoms with van der Waals surface area (Å²) in [5.74, 6) is 0.583. The minimum Gasteiger partial charge on any atom is -0.473 e. The number of rotatable bonds is 4. The van der Waals surface area contributed by atoms with Crippen LogP contribution in [0, 0.1) is 6.92 Å². The minimum absolute atomic E-state index is 0.0253. The van der Waals surface area contributed by atoms with Crippen LogP contribution in [-0.2, 0) is 9.53 Å². The lowest BCUT2D eigenvalue weighted by Gasteiger charge is -2.35. The molecule has 1 N–H and O–H groups in total. The number of hydrogen-bond acceptors (Lipinski definition) is 6. The van der Waals surface area contributed by atoms with Crippen LogP contribution in [0.3, 0.4) is 0 Å². The smallest absolute Gasteiger partial charge is 0.246 e. The van der Waals surface area contributed by atoms with Crippen molar-refractivity contribution in [3.8, 4) is 5.88 Å². The summed E-state index contributed by atoms with van der Waals surface area (Å²) in [6.07, 6.45) is 5.61. The van der Waals surface area contributed by atoms with Crippen LogP contribution < -0.4 is 10.1 Å². The summed E-state index contributed by atoms with van der Waals surface area (Å²) in [4.78, 5) is 21.9. The highest BCUT2D eigenvalue weighted by Crippen LogP contribution is 2.17. The fourth-order valence-electron chi connectivity index (χ4n) is 2.81. The van der Waals surface area contributed by atoms with E-state index >= 15 is 0 Å². The van der Waals surface area contributed by atoms with E-state index in [-0.39, 0.29) is 24.7 Å². The first kappa shape index (κ1) is 15.2. The normalized spacial score (nSPS) is 24.0. The molecule has 0 spiro atoms. The lowest BCUT2D eigenvalue weighted by atomic mass is 10.1. The van der Waals surface area contributed by atoms with Crippen molar-refractivity contribution in [2.45, 2.75) is 32.0 Å². The Balaban J connectivity index is 1.41. The maximum absolute atomic E-state index is 11.1. The Kier molecular flexibility index (Phi) is 4.84. The van der Waals surface area contributed by atoms with Gasteiger partial charge in [-0.2, -0.15) is 0 Å². The van der Waals surface area contributed by atoms with Gasteiger partial charge in [0.1, 0.15) is 12.7 Å². The van der Waals surface area contributed by atoms with E-state index in [1.807, 2.05) is 6.92 Å². The van der Waals surface area contributed by atoms with E-state index in [2.05, 4.69) is 20.2 Å². The number of likely N-dealkylation sites (tertiary alicyclic amines) is 1. The first-order valence-electron chi connectivity index (χ1n) is 7.75. The largest absolute Gasteiger partial charge is 0.473 e. The van der Waals surface area contributed by atoms with Crippen molar-refractivity contribution in [3.63, 3.8) is 0 Å². The third-order valence-electron chi connectivity index (χ3n) is 3.99. The molecule has 0 radical (unpaired) electrons. The monoisotopic (exact) mass is 306 g/mol. The highest BCUT2D eigenvalue weighted by Gasteiger charge is 2.25. The molecule has 2 aliphatic heterocycles. The average Bonchev–Trinajstić information content (AvgIpc) is 2.52. The summed E-state index contributed by atoms with van der Waals surface area (Å²) in [7, 11) is 0. The van der Waals surface area contributed by atoms with Gasteiger partial charge in [-0.05, 0) is 19.8 Å². The van der Waals surface area contributed by atoms with Gasteiger partial charge >= 0.3 is 0 Å². The van der Waals surface area contributed by atoms with Crippen molar-refractivity contribution in [1.29, 1.82) is 0 Å². The Hall–Kier alpha value is -1.73. The van der Waals surface area contributed by atoms with Crippen LogP contribution in [0.15, 0.2) is 12.4 Å². The molecule has 7 nitrogen and oxygen atoms in total. The van der Waals surface area contributed by atoms with Crippen molar-refractivity contribution < 1.29 is 14.3 Å². The van der Waals surface area contributed by atoms with Crippen molar-refractivity contribution in [2.75, 3.05) is 32.8 Å². The maximum Gasteiger partial charge on any atom is 0.246 e. The number of morpholine rings is 1. The highest BCUT2D eigenvalue weighted by atomic mass is 16.5. The number of carbonyl (C=O) groups is 1. The Labute approximate surface area is 130 Å². The first-order valence-corrected chi connectivity index (χ1v) is 7.75. The third kappa shape index (κ3) is 4.14. The number of piperidine rings is 1. The number of nitrogens with zero attached hydrogens (tertiary/aromatic N) is 3. The first-order chi connectivity index (χ1) is 10.7. The summed E-state index contributed by atoms with van der Waals surface area (Å²) in [6.45, 7) is 5.49. The summed E-state index contributed by atoms with van der Waals surface area (Å²) in [6, 6.07) is 0. The molecule has 22 heavy (non-hydrogen) atoms. The van der Waals surface area contributed by atoms with Gasteiger partial charge in [0, 0.05) is 32.4 Å². The lowest BCUT2D eigenvalue weighted by molar-refractivity contribution is -0.134. The van der Waals surface area contributed by atoms with Crippen LogP contribution in [0.2, 0.25) is 0 Å². The lowest BCUT2D eigenvalue weighted by Crippen LogP contribution is -2.50. The molecule has 0 bridgehead atoms. The predicted molar refractivity (Wildman–Crippen MR) is 79.6 cm³/mol. The Morgan fingerprint density at radius 3 is 2.91 bits per heavy atom. The van der Waals surface area contributed by atoms with E-state index in [0.29, 0.717) is 12.4 Å². The second kappa shape index (κ2) is 7.02. The van der Waals surface area contributed by atoms with Crippen LogP contribution >= 0.6 is 0 Å². The number of aryl methyl sites for hydroxylation is 1. The topological polar surface area (TPSA) is 76.6 Å². The van der Waals surface area contributed by atoms with E-state index in [1.54, 1.807) is 12.4 Å². The van der Waals surface area contributed by atoms with Crippen LogP contribution in [0.25, 0.3) is 0 Å². The summed E-state index contributed by atoms with van der Waals surface area (Å²) in [5.41, 5.74) is 0.867. The molecular weight excluding hydrogens is 284 g/mol. The van der Waals surface area contributed by atoms with Crippen LogP contribution in [-0.4, -0.2) is 65.8 Å². The van der Waals surface area contributed by atoms with Gasteiger partial charge in [-0.25, -0.2) is 4.98 Å². The zero-order valence-corrected chi connectivity index (χ0v) is 12.8. The number of aromatic nitrogens is 2. The number of ether oxygens (including phenoxy) is 2.